The number of likely N-dealkylation sites (N-methyl/N-ethyl adjacent to an activating group) is 1. The first-order valence-corrected chi connectivity index (χ1v) is 7.68. The molecule has 2 rings (SSSR count). The van der Waals surface area contributed by atoms with E-state index < -0.39 is 6.10 Å². The summed E-state index contributed by atoms with van der Waals surface area (Å²) < 4.78 is 5.56. The first-order chi connectivity index (χ1) is 10.1. The van der Waals surface area contributed by atoms with E-state index in [0.717, 1.165) is 18.0 Å². The number of hydrogen-bond donors (Lipinski definition) is 2. The van der Waals surface area contributed by atoms with Crippen molar-refractivity contribution in [3.8, 4) is 5.75 Å². The molecule has 1 unspecified atom stereocenters. The number of anilines is 1. The normalized spacial score (nSPS) is 12.4. The van der Waals surface area contributed by atoms with Gasteiger partial charge in [-0.3, -0.25) is 4.98 Å². The molecule has 2 N–H and O–H groups in total. The number of aliphatic hydroxyl groups is 1. The minimum absolute atomic E-state index is 0.297. The Morgan fingerprint density at radius 1 is 1.33 bits per heavy atom. The average molecular weight is 307 g/mol. The lowest BCUT2D eigenvalue weighted by molar-refractivity contribution is 0.0831. The predicted octanol–water partition coefficient (Wildman–Crippen LogP) is 2.06. The van der Waals surface area contributed by atoms with Gasteiger partial charge in [0.1, 0.15) is 18.5 Å². The molecule has 0 saturated carbocycles. The topological polar surface area (TPSA) is 57.6 Å². The molecule has 0 aliphatic carbocycles. The van der Waals surface area contributed by atoms with E-state index in [1.165, 1.54) is 4.88 Å². The maximum Gasteiger partial charge on any atom is 0.119 e. The Morgan fingerprint density at radius 2 is 2.10 bits per heavy atom. The van der Waals surface area contributed by atoms with Gasteiger partial charge in [0.05, 0.1) is 12.1 Å². The van der Waals surface area contributed by atoms with Gasteiger partial charge < -0.3 is 20.1 Å². The lowest BCUT2D eigenvalue weighted by Crippen LogP contribution is -2.30. The third kappa shape index (κ3) is 5.71. The van der Waals surface area contributed by atoms with Crippen LogP contribution in [0.4, 0.5) is 5.69 Å². The Kier molecular flexibility index (Phi) is 5.98. The van der Waals surface area contributed by atoms with Crippen LogP contribution in [0.5, 0.6) is 5.75 Å². The Bertz CT molecular complexity index is 514. The molecule has 2 aromatic rings. The SMILES string of the molecule is CN(C)CC(O)COc1ccc(NCc2cncs2)cc1. The third-order valence-electron chi connectivity index (χ3n) is 2.82. The van der Waals surface area contributed by atoms with Gasteiger partial charge in [-0.25, -0.2) is 0 Å². The van der Waals surface area contributed by atoms with Crippen LogP contribution in [-0.4, -0.2) is 48.3 Å². The lowest BCUT2D eigenvalue weighted by atomic mass is 10.3. The third-order valence-corrected chi connectivity index (χ3v) is 3.60. The Hall–Kier alpha value is -1.63. The van der Waals surface area contributed by atoms with Gasteiger partial charge in [0.25, 0.3) is 0 Å². The van der Waals surface area contributed by atoms with Crippen molar-refractivity contribution in [3.05, 3.63) is 40.8 Å². The van der Waals surface area contributed by atoms with E-state index in [1.807, 2.05) is 55.0 Å². The summed E-state index contributed by atoms with van der Waals surface area (Å²) in [4.78, 5) is 7.17. The first kappa shape index (κ1) is 15.8. The van der Waals surface area contributed by atoms with Crippen LogP contribution in [-0.2, 0) is 6.54 Å². The molecule has 0 aliphatic heterocycles. The smallest absolute Gasteiger partial charge is 0.119 e. The Labute approximate surface area is 129 Å². The molecule has 1 aromatic carbocycles. The van der Waals surface area contributed by atoms with Gasteiger partial charge in [0.15, 0.2) is 0 Å². The second kappa shape index (κ2) is 7.97. The van der Waals surface area contributed by atoms with Crippen molar-refractivity contribution in [2.45, 2.75) is 12.6 Å². The monoisotopic (exact) mass is 307 g/mol. The molecule has 5 nitrogen and oxygen atoms in total. The molecule has 114 valence electrons. The summed E-state index contributed by atoms with van der Waals surface area (Å²) in [6, 6.07) is 7.73. The summed E-state index contributed by atoms with van der Waals surface area (Å²) in [7, 11) is 3.85. The molecule has 0 aliphatic rings. The van der Waals surface area contributed by atoms with E-state index in [9.17, 15) is 5.11 Å². The number of aliphatic hydroxyl groups excluding tert-OH is 1. The van der Waals surface area contributed by atoms with Crippen molar-refractivity contribution in [2.75, 3.05) is 32.6 Å². The fourth-order valence-corrected chi connectivity index (χ4v) is 2.39. The highest BCUT2D eigenvalue weighted by Gasteiger charge is 2.06. The quantitative estimate of drug-likeness (QED) is 0.782. The molecule has 0 radical (unpaired) electrons. The highest BCUT2D eigenvalue weighted by Crippen LogP contribution is 2.17. The predicted molar refractivity (Wildman–Crippen MR) is 85.9 cm³/mol. The van der Waals surface area contributed by atoms with Crippen LogP contribution in [0.2, 0.25) is 0 Å². The van der Waals surface area contributed by atoms with E-state index in [-0.39, 0.29) is 0 Å². The fraction of sp³-hybridized carbons (Fsp3) is 0.400. The van der Waals surface area contributed by atoms with Crippen molar-refractivity contribution in [1.29, 1.82) is 0 Å². The minimum Gasteiger partial charge on any atom is -0.491 e. The molecule has 6 heteroatoms. The fourth-order valence-electron chi connectivity index (χ4n) is 1.85. The van der Waals surface area contributed by atoms with Crippen molar-refractivity contribution in [2.24, 2.45) is 0 Å². The molecule has 0 spiro atoms. The highest BCUT2D eigenvalue weighted by molar-refractivity contribution is 7.09. The van der Waals surface area contributed by atoms with Gasteiger partial charge in [-0.1, -0.05) is 0 Å². The maximum absolute atomic E-state index is 9.74. The summed E-state index contributed by atoms with van der Waals surface area (Å²) in [6.07, 6.45) is 1.38. The summed E-state index contributed by atoms with van der Waals surface area (Å²) in [5.41, 5.74) is 2.86. The van der Waals surface area contributed by atoms with Crippen LogP contribution >= 0.6 is 11.3 Å². The number of aromatic nitrogens is 1. The number of ether oxygens (including phenoxy) is 1. The number of nitrogens with one attached hydrogen (secondary N) is 1. The number of hydrogen-bond acceptors (Lipinski definition) is 6. The maximum atomic E-state index is 9.74. The molecule has 1 heterocycles. The molecule has 1 aromatic heterocycles. The molecule has 0 saturated heterocycles. The second-order valence-electron chi connectivity index (χ2n) is 5.07. The molecule has 0 bridgehead atoms. The molecule has 0 amide bonds. The number of nitrogens with zero attached hydrogens (tertiary/aromatic N) is 2. The summed E-state index contributed by atoms with van der Waals surface area (Å²) in [6.45, 7) is 1.66. The lowest BCUT2D eigenvalue weighted by Gasteiger charge is -2.16. The van der Waals surface area contributed by atoms with Gasteiger partial charge in [-0.05, 0) is 38.4 Å². The van der Waals surface area contributed by atoms with E-state index >= 15 is 0 Å². The zero-order valence-electron chi connectivity index (χ0n) is 12.3. The largest absolute Gasteiger partial charge is 0.491 e. The summed E-state index contributed by atoms with van der Waals surface area (Å²) in [5.74, 6) is 0.760. The summed E-state index contributed by atoms with van der Waals surface area (Å²) in [5, 5.41) is 13.1. The van der Waals surface area contributed by atoms with Crippen LogP contribution in [0.1, 0.15) is 4.88 Å². The molecular formula is C15H21N3O2S. The summed E-state index contributed by atoms with van der Waals surface area (Å²) >= 11 is 1.63. The second-order valence-corrected chi connectivity index (χ2v) is 6.04. The van der Waals surface area contributed by atoms with E-state index in [0.29, 0.717) is 13.2 Å². The van der Waals surface area contributed by atoms with Crippen molar-refractivity contribution in [1.82, 2.24) is 9.88 Å². The van der Waals surface area contributed by atoms with Crippen molar-refractivity contribution in [3.63, 3.8) is 0 Å². The van der Waals surface area contributed by atoms with Gasteiger partial charge in [-0.15, -0.1) is 11.3 Å². The van der Waals surface area contributed by atoms with E-state index in [2.05, 4.69) is 10.3 Å². The van der Waals surface area contributed by atoms with Gasteiger partial charge in [0, 0.05) is 23.3 Å². The number of thiazole rings is 1. The van der Waals surface area contributed by atoms with Crippen molar-refractivity contribution < 1.29 is 9.84 Å². The van der Waals surface area contributed by atoms with Crippen LogP contribution in [0.3, 0.4) is 0 Å². The van der Waals surface area contributed by atoms with Crippen LogP contribution in [0.15, 0.2) is 36.0 Å². The first-order valence-electron chi connectivity index (χ1n) is 6.80. The number of rotatable bonds is 8. The Balaban J connectivity index is 1.76. The number of benzene rings is 1. The average Bonchev–Trinajstić information content (AvgIpc) is 2.96. The standard InChI is InChI=1S/C15H21N3O2S/c1-18(2)9-13(19)10-20-14-5-3-12(4-6-14)17-8-15-7-16-11-21-15/h3-7,11,13,17,19H,8-10H2,1-2H3. The molecule has 21 heavy (non-hydrogen) atoms. The minimum atomic E-state index is -0.482. The van der Waals surface area contributed by atoms with Crippen LogP contribution in [0.25, 0.3) is 0 Å². The molecule has 1 atom stereocenters. The van der Waals surface area contributed by atoms with Gasteiger partial charge in [-0.2, -0.15) is 0 Å². The van der Waals surface area contributed by atoms with Crippen molar-refractivity contribution >= 4 is 17.0 Å². The van der Waals surface area contributed by atoms with Gasteiger partial charge >= 0.3 is 0 Å². The molecule has 0 fully saturated rings. The highest BCUT2D eigenvalue weighted by atomic mass is 32.1. The van der Waals surface area contributed by atoms with Crippen LogP contribution in [0, 0.1) is 0 Å². The zero-order valence-corrected chi connectivity index (χ0v) is 13.1. The molecular weight excluding hydrogens is 286 g/mol. The van der Waals surface area contributed by atoms with Gasteiger partial charge in [0.2, 0.25) is 0 Å². The Morgan fingerprint density at radius 3 is 2.71 bits per heavy atom. The van der Waals surface area contributed by atoms with E-state index in [1.54, 1.807) is 11.3 Å². The van der Waals surface area contributed by atoms with E-state index in [4.69, 9.17) is 4.74 Å². The van der Waals surface area contributed by atoms with Crippen LogP contribution < -0.4 is 10.1 Å². The zero-order chi connectivity index (χ0) is 15.1.